The molecule has 0 heterocycles. The summed E-state index contributed by atoms with van der Waals surface area (Å²) in [5.41, 5.74) is 0. The summed E-state index contributed by atoms with van der Waals surface area (Å²) >= 11 is 0. The van der Waals surface area contributed by atoms with Gasteiger partial charge in [-0.1, -0.05) is 200 Å². The molecule has 0 radical (unpaired) electrons. The van der Waals surface area contributed by atoms with Crippen LogP contribution in [0, 0.1) is 0 Å². The lowest BCUT2D eigenvalue weighted by molar-refractivity contribution is -0.167. The summed E-state index contributed by atoms with van der Waals surface area (Å²) in [6, 6.07) is 0. The van der Waals surface area contributed by atoms with Crippen LogP contribution < -0.4 is 0 Å². The van der Waals surface area contributed by atoms with Crippen molar-refractivity contribution in [3.63, 3.8) is 0 Å². The molecule has 0 saturated carbocycles. The van der Waals surface area contributed by atoms with Gasteiger partial charge in [-0.2, -0.15) is 0 Å². The Balaban J connectivity index is 4.34. The van der Waals surface area contributed by atoms with Crippen LogP contribution in [0.3, 0.4) is 0 Å². The first-order valence-electron chi connectivity index (χ1n) is 23.2. The monoisotopic (exact) mass is 749 g/mol. The first kappa shape index (κ1) is 51.1. The van der Waals surface area contributed by atoms with E-state index in [2.05, 4.69) is 32.9 Å². The number of hydrogen-bond donors (Lipinski definition) is 0. The first-order chi connectivity index (χ1) is 26.0. The molecule has 0 aliphatic rings. The molecule has 0 aromatic carbocycles. The van der Waals surface area contributed by atoms with Crippen molar-refractivity contribution < 1.29 is 28.6 Å². The summed E-state index contributed by atoms with van der Waals surface area (Å²) in [5, 5.41) is 0. The second kappa shape index (κ2) is 42.9. The molecule has 0 aromatic heterocycles. The van der Waals surface area contributed by atoms with Crippen molar-refractivity contribution in [3.8, 4) is 0 Å². The fourth-order valence-corrected chi connectivity index (χ4v) is 6.73. The lowest BCUT2D eigenvalue weighted by Crippen LogP contribution is -2.30. The Labute approximate surface area is 329 Å². The van der Waals surface area contributed by atoms with Gasteiger partial charge in [0.15, 0.2) is 6.10 Å². The van der Waals surface area contributed by atoms with E-state index in [-0.39, 0.29) is 31.1 Å². The number of carbonyl (C=O) groups excluding carboxylic acids is 3. The number of carbonyl (C=O) groups is 3. The summed E-state index contributed by atoms with van der Waals surface area (Å²) in [6.07, 6.45) is 44.7. The van der Waals surface area contributed by atoms with Gasteiger partial charge in [-0.25, -0.2) is 0 Å². The molecular formula is C47H88O6. The molecule has 0 fully saturated rings. The lowest BCUT2D eigenvalue weighted by atomic mass is 10.1. The minimum Gasteiger partial charge on any atom is -0.462 e. The van der Waals surface area contributed by atoms with Crippen molar-refractivity contribution in [2.75, 3.05) is 13.2 Å². The van der Waals surface area contributed by atoms with Gasteiger partial charge in [-0.3, -0.25) is 14.4 Å². The SMILES string of the molecule is CCCCCC/C=C\CCCCCCCC(=O)OCC(COC(=O)CCCCCCCCCCCCC)OC(=O)CCCCCCCCCCCCC. The predicted molar refractivity (Wildman–Crippen MR) is 224 cm³/mol. The zero-order chi connectivity index (χ0) is 38.7. The molecule has 0 aliphatic carbocycles. The number of allylic oxidation sites excluding steroid dienone is 2. The highest BCUT2D eigenvalue weighted by molar-refractivity contribution is 5.71. The van der Waals surface area contributed by atoms with Gasteiger partial charge in [0.05, 0.1) is 0 Å². The Morgan fingerprint density at radius 1 is 0.358 bits per heavy atom. The first-order valence-corrected chi connectivity index (χ1v) is 23.2. The van der Waals surface area contributed by atoms with Crippen molar-refractivity contribution in [3.05, 3.63) is 12.2 Å². The Kier molecular flexibility index (Phi) is 41.4. The van der Waals surface area contributed by atoms with Crippen LogP contribution in [-0.2, 0) is 28.6 Å². The fourth-order valence-electron chi connectivity index (χ4n) is 6.73. The minimum absolute atomic E-state index is 0.0681. The van der Waals surface area contributed by atoms with Crippen LogP contribution in [0.5, 0.6) is 0 Å². The third-order valence-corrected chi connectivity index (χ3v) is 10.3. The van der Waals surface area contributed by atoms with E-state index in [0.717, 1.165) is 64.2 Å². The van der Waals surface area contributed by atoms with Gasteiger partial charge in [0.2, 0.25) is 0 Å². The molecule has 0 spiro atoms. The van der Waals surface area contributed by atoms with Crippen LogP contribution >= 0.6 is 0 Å². The van der Waals surface area contributed by atoms with Gasteiger partial charge in [-0.15, -0.1) is 0 Å². The molecule has 0 bridgehead atoms. The molecular weight excluding hydrogens is 661 g/mol. The number of hydrogen-bond acceptors (Lipinski definition) is 6. The summed E-state index contributed by atoms with van der Waals surface area (Å²) in [5.74, 6) is -0.870. The van der Waals surface area contributed by atoms with Crippen molar-refractivity contribution in [2.45, 2.75) is 258 Å². The summed E-state index contributed by atoms with van der Waals surface area (Å²) in [7, 11) is 0. The molecule has 1 unspecified atom stereocenters. The molecule has 53 heavy (non-hydrogen) atoms. The van der Waals surface area contributed by atoms with Crippen LogP contribution in [0.15, 0.2) is 12.2 Å². The van der Waals surface area contributed by atoms with Crippen molar-refractivity contribution in [1.82, 2.24) is 0 Å². The average molecular weight is 749 g/mol. The van der Waals surface area contributed by atoms with Crippen LogP contribution in [0.4, 0.5) is 0 Å². The molecule has 6 nitrogen and oxygen atoms in total. The second-order valence-corrected chi connectivity index (χ2v) is 15.7. The zero-order valence-corrected chi connectivity index (χ0v) is 35.6. The minimum atomic E-state index is -0.764. The topological polar surface area (TPSA) is 78.9 Å². The molecule has 0 rings (SSSR count). The van der Waals surface area contributed by atoms with E-state index in [1.165, 1.54) is 148 Å². The molecule has 0 saturated heterocycles. The Hall–Kier alpha value is -1.85. The van der Waals surface area contributed by atoms with Crippen molar-refractivity contribution in [2.24, 2.45) is 0 Å². The average Bonchev–Trinajstić information content (AvgIpc) is 3.15. The molecule has 0 aromatic rings. The maximum atomic E-state index is 12.7. The summed E-state index contributed by atoms with van der Waals surface area (Å²) in [6.45, 7) is 6.61. The van der Waals surface area contributed by atoms with Crippen molar-refractivity contribution >= 4 is 17.9 Å². The van der Waals surface area contributed by atoms with E-state index >= 15 is 0 Å². The molecule has 6 heteroatoms. The Morgan fingerprint density at radius 2 is 0.623 bits per heavy atom. The van der Waals surface area contributed by atoms with E-state index in [4.69, 9.17) is 14.2 Å². The highest BCUT2D eigenvalue weighted by Crippen LogP contribution is 2.15. The van der Waals surface area contributed by atoms with Crippen LogP contribution in [0.25, 0.3) is 0 Å². The number of rotatable bonds is 42. The van der Waals surface area contributed by atoms with Gasteiger partial charge in [-0.05, 0) is 44.9 Å². The smallest absolute Gasteiger partial charge is 0.306 e. The fraction of sp³-hybridized carbons (Fsp3) is 0.894. The van der Waals surface area contributed by atoms with Gasteiger partial charge < -0.3 is 14.2 Å². The third kappa shape index (κ3) is 41.2. The Bertz CT molecular complexity index is 824. The zero-order valence-electron chi connectivity index (χ0n) is 35.6. The second-order valence-electron chi connectivity index (χ2n) is 15.7. The van der Waals surface area contributed by atoms with Gasteiger partial charge >= 0.3 is 17.9 Å². The van der Waals surface area contributed by atoms with Crippen LogP contribution in [0.2, 0.25) is 0 Å². The van der Waals surface area contributed by atoms with Crippen molar-refractivity contribution in [1.29, 1.82) is 0 Å². The normalized spacial score (nSPS) is 12.0. The van der Waals surface area contributed by atoms with E-state index in [9.17, 15) is 14.4 Å². The quantitative estimate of drug-likeness (QED) is 0.0268. The molecule has 1 atom stereocenters. The lowest BCUT2D eigenvalue weighted by Gasteiger charge is -2.18. The largest absolute Gasteiger partial charge is 0.462 e. The highest BCUT2D eigenvalue weighted by Gasteiger charge is 2.19. The predicted octanol–water partition coefficient (Wildman–Crippen LogP) is 14.6. The summed E-state index contributed by atoms with van der Waals surface area (Å²) < 4.78 is 16.7. The molecule has 0 N–H and O–H groups in total. The Morgan fingerprint density at radius 3 is 0.962 bits per heavy atom. The van der Waals surface area contributed by atoms with E-state index in [1.807, 2.05) is 0 Å². The van der Waals surface area contributed by atoms with E-state index in [0.29, 0.717) is 19.3 Å². The maximum absolute atomic E-state index is 12.7. The highest BCUT2D eigenvalue weighted by atomic mass is 16.6. The van der Waals surface area contributed by atoms with Crippen LogP contribution in [0.1, 0.15) is 252 Å². The molecule has 0 amide bonds. The van der Waals surface area contributed by atoms with Gasteiger partial charge in [0, 0.05) is 19.3 Å². The van der Waals surface area contributed by atoms with E-state index in [1.54, 1.807) is 0 Å². The third-order valence-electron chi connectivity index (χ3n) is 10.3. The molecule has 312 valence electrons. The number of unbranched alkanes of at least 4 members (excludes halogenated alkanes) is 29. The molecule has 0 aliphatic heterocycles. The number of ether oxygens (including phenoxy) is 3. The van der Waals surface area contributed by atoms with Gasteiger partial charge in [0.25, 0.3) is 0 Å². The van der Waals surface area contributed by atoms with Gasteiger partial charge in [0.1, 0.15) is 13.2 Å². The summed E-state index contributed by atoms with van der Waals surface area (Å²) in [4.78, 5) is 37.7. The standard InChI is InChI=1S/C47H88O6/c1-4-7-10-13-16-19-22-23-26-28-31-34-37-40-46(49)52-43-44(53-47(50)41-38-35-32-29-25-21-18-15-12-9-6-3)42-51-45(48)39-36-33-30-27-24-20-17-14-11-8-5-2/h19,22,44H,4-18,20-21,23-43H2,1-3H3/b22-19-. The van der Waals surface area contributed by atoms with Crippen LogP contribution in [-0.4, -0.2) is 37.2 Å². The number of esters is 3. The van der Waals surface area contributed by atoms with E-state index < -0.39 is 6.10 Å². The maximum Gasteiger partial charge on any atom is 0.306 e.